The van der Waals surface area contributed by atoms with Gasteiger partial charge in [-0.25, -0.2) is 9.78 Å². The second kappa shape index (κ2) is 4.97. The number of amides is 1. The van der Waals surface area contributed by atoms with E-state index < -0.39 is 6.09 Å². The maximum Gasteiger partial charge on any atom is 0.407 e. The van der Waals surface area contributed by atoms with Crippen LogP contribution in [0.2, 0.25) is 0 Å². The summed E-state index contributed by atoms with van der Waals surface area (Å²) >= 11 is 1.60. The van der Waals surface area contributed by atoms with E-state index in [9.17, 15) is 4.79 Å². The lowest BCUT2D eigenvalue weighted by Gasteiger charge is -2.10. The lowest BCUT2D eigenvalue weighted by atomic mass is 10.1. The highest BCUT2D eigenvalue weighted by atomic mass is 32.1. The van der Waals surface area contributed by atoms with Crippen LogP contribution in [-0.2, 0) is 0 Å². The Labute approximate surface area is 114 Å². The first kappa shape index (κ1) is 12.1. The number of nitrogens with zero attached hydrogens (tertiary/aromatic N) is 3. The number of rotatable bonds is 2. The van der Waals surface area contributed by atoms with E-state index in [0.29, 0.717) is 13.1 Å². The van der Waals surface area contributed by atoms with E-state index in [1.807, 2.05) is 17.5 Å². The van der Waals surface area contributed by atoms with Gasteiger partial charge >= 0.3 is 6.09 Å². The normalized spacial score (nSPS) is 18.7. The Hall–Kier alpha value is -1.95. The lowest BCUT2D eigenvalue weighted by molar-refractivity contribution is 0.155. The minimum absolute atomic E-state index is 0.233. The molecule has 19 heavy (non-hydrogen) atoms. The summed E-state index contributed by atoms with van der Waals surface area (Å²) in [5.74, 6) is 0.233. The summed E-state index contributed by atoms with van der Waals surface area (Å²) in [4.78, 5) is 21.0. The van der Waals surface area contributed by atoms with Crippen LogP contribution in [0, 0.1) is 0 Å². The van der Waals surface area contributed by atoms with Crippen LogP contribution in [0.15, 0.2) is 29.9 Å². The van der Waals surface area contributed by atoms with E-state index in [2.05, 4.69) is 9.97 Å². The highest BCUT2D eigenvalue weighted by molar-refractivity contribution is 7.10. The van der Waals surface area contributed by atoms with Crippen molar-refractivity contribution in [2.45, 2.75) is 12.3 Å². The fraction of sp³-hybridized carbons (Fsp3) is 0.308. The van der Waals surface area contributed by atoms with Gasteiger partial charge in [-0.2, -0.15) is 0 Å². The average Bonchev–Trinajstić information content (AvgIpc) is 3.09. The number of pyridine rings is 1. The van der Waals surface area contributed by atoms with E-state index in [4.69, 9.17) is 5.11 Å². The number of thiazole rings is 1. The smallest absolute Gasteiger partial charge is 0.407 e. The molecular formula is C13H13N3O2S. The first-order chi connectivity index (χ1) is 9.24. The Morgan fingerprint density at radius 2 is 2.21 bits per heavy atom. The van der Waals surface area contributed by atoms with Gasteiger partial charge in [0, 0.05) is 42.3 Å². The van der Waals surface area contributed by atoms with Crippen LogP contribution in [0.3, 0.4) is 0 Å². The largest absolute Gasteiger partial charge is 0.465 e. The number of carbonyl (C=O) groups is 1. The second-order valence-corrected chi connectivity index (χ2v) is 5.41. The Balaban J connectivity index is 1.78. The van der Waals surface area contributed by atoms with E-state index in [-0.39, 0.29) is 5.92 Å². The molecule has 1 aliphatic rings. The number of carboxylic acid groups (broad SMARTS) is 1. The van der Waals surface area contributed by atoms with Gasteiger partial charge in [0.15, 0.2) is 0 Å². The summed E-state index contributed by atoms with van der Waals surface area (Å²) in [6.45, 7) is 1.16. The van der Waals surface area contributed by atoms with Crippen molar-refractivity contribution in [2.75, 3.05) is 13.1 Å². The topological polar surface area (TPSA) is 66.3 Å². The monoisotopic (exact) mass is 275 g/mol. The SMILES string of the molecule is O=C(O)N1CCC(c2nc(-c3ccncc3)cs2)C1. The van der Waals surface area contributed by atoms with Gasteiger partial charge in [-0.3, -0.25) is 4.98 Å². The van der Waals surface area contributed by atoms with Gasteiger partial charge in [0.05, 0.1) is 10.7 Å². The van der Waals surface area contributed by atoms with Crippen molar-refractivity contribution in [3.63, 3.8) is 0 Å². The Morgan fingerprint density at radius 3 is 2.89 bits per heavy atom. The van der Waals surface area contributed by atoms with Crippen LogP contribution in [0.1, 0.15) is 17.3 Å². The molecule has 0 radical (unpaired) electrons. The van der Waals surface area contributed by atoms with Crippen molar-refractivity contribution in [1.29, 1.82) is 0 Å². The van der Waals surface area contributed by atoms with E-state index in [0.717, 1.165) is 22.7 Å². The molecule has 1 amide bonds. The van der Waals surface area contributed by atoms with E-state index in [1.54, 1.807) is 23.7 Å². The van der Waals surface area contributed by atoms with Crippen molar-refractivity contribution >= 4 is 17.4 Å². The van der Waals surface area contributed by atoms with Crippen molar-refractivity contribution in [2.24, 2.45) is 0 Å². The maximum atomic E-state index is 10.9. The molecule has 0 bridgehead atoms. The van der Waals surface area contributed by atoms with Gasteiger partial charge in [-0.1, -0.05) is 0 Å². The van der Waals surface area contributed by atoms with Gasteiger partial charge in [0.1, 0.15) is 0 Å². The molecule has 0 spiro atoms. The summed E-state index contributed by atoms with van der Waals surface area (Å²) in [6.07, 6.45) is 3.51. The van der Waals surface area contributed by atoms with Crippen molar-refractivity contribution < 1.29 is 9.90 Å². The molecule has 1 unspecified atom stereocenters. The molecule has 1 aliphatic heterocycles. The van der Waals surface area contributed by atoms with E-state index >= 15 is 0 Å². The molecule has 2 aromatic rings. The van der Waals surface area contributed by atoms with Crippen molar-refractivity contribution in [3.8, 4) is 11.3 Å². The van der Waals surface area contributed by atoms with Crippen LogP contribution in [0.4, 0.5) is 4.79 Å². The minimum Gasteiger partial charge on any atom is -0.465 e. The van der Waals surface area contributed by atoms with Gasteiger partial charge in [-0.15, -0.1) is 11.3 Å². The summed E-state index contributed by atoms with van der Waals surface area (Å²) in [6, 6.07) is 3.86. The predicted octanol–water partition coefficient (Wildman–Crippen LogP) is 2.67. The number of likely N-dealkylation sites (tertiary alicyclic amines) is 1. The first-order valence-electron chi connectivity index (χ1n) is 6.08. The first-order valence-corrected chi connectivity index (χ1v) is 6.95. The zero-order valence-electron chi connectivity index (χ0n) is 10.2. The number of hydrogen-bond donors (Lipinski definition) is 1. The van der Waals surface area contributed by atoms with Crippen LogP contribution in [0.25, 0.3) is 11.3 Å². The average molecular weight is 275 g/mol. The molecule has 0 aromatic carbocycles. The third kappa shape index (κ3) is 2.44. The molecule has 1 fully saturated rings. The molecule has 5 nitrogen and oxygen atoms in total. The summed E-state index contributed by atoms with van der Waals surface area (Å²) in [7, 11) is 0. The van der Waals surface area contributed by atoms with E-state index in [1.165, 1.54) is 4.90 Å². The highest BCUT2D eigenvalue weighted by Gasteiger charge is 2.28. The molecule has 3 rings (SSSR count). The predicted molar refractivity (Wildman–Crippen MR) is 72.3 cm³/mol. The second-order valence-electron chi connectivity index (χ2n) is 4.52. The quantitative estimate of drug-likeness (QED) is 0.915. The van der Waals surface area contributed by atoms with Crippen LogP contribution < -0.4 is 0 Å². The molecule has 2 aromatic heterocycles. The van der Waals surface area contributed by atoms with Crippen LogP contribution in [0.5, 0.6) is 0 Å². The fourth-order valence-electron chi connectivity index (χ4n) is 2.27. The molecule has 98 valence electrons. The molecule has 6 heteroatoms. The van der Waals surface area contributed by atoms with Gasteiger partial charge in [0.25, 0.3) is 0 Å². The summed E-state index contributed by atoms with van der Waals surface area (Å²) in [5, 5.41) is 12.0. The lowest BCUT2D eigenvalue weighted by Crippen LogP contribution is -2.26. The molecule has 1 atom stereocenters. The Kier molecular flexibility index (Phi) is 3.16. The molecule has 0 saturated carbocycles. The van der Waals surface area contributed by atoms with Crippen molar-refractivity contribution in [3.05, 3.63) is 34.9 Å². The van der Waals surface area contributed by atoms with Gasteiger partial charge < -0.3 is 10.0 Å². The fourth-order valence-corrected chi connectivity index (χ4v) is 3.22. The van der Waals surface area contributed by atoms with Gasteiger partial charge in [-0.05, 0) is 18.6 Å². The van der Waals surface area contributed by atoms with Crippen LogP contribution in [-0.4, -0.2) is 39.2 Å². The van der Waals surface area contributed by atoms with Gasteiger partial charge in [0.2, 0.25) is 0 Å². The minimum atomic E-state index is -0.839. The highest BCUT2D eigenvalue weighted by Crippen LogP contribution is 2.32. The molecular weight excluding hydrogens is 262 g/mol. The van der Waals surface area contributed by atoms with Crippen LogP contribution >= 0.6 is 11.3 Å². The zero-order chi connectivity index (χ0) is 13.2. The Morgan fingerprint density at radius 1 is 1.42 bits per heavy atom. The number of hydrogen-bond acceptors (Lipinski definition) is 4. The molecule has 1 saturated heterocycles. The summed E-state index contributed by atoms with van der Waals surface area (Å²) in [5.41, 5.74) is 1.99. The third-order valence-corrected chi connectivity index (χ3v) is 4.31. The molecule has 0 aliphatic carbocycles. The van der Waals surface area contributed by atoms with Crippen molar-refractivity contribution in [1.82, 2.24) is 14.9 Å². The zero-order valence-corrected chi connectivity index (χ0v) is 11.0. The number of aromatic nitrogens is 2. The standard InChI is InChI=1S/C13H13N3O2S/c17-13(18)16-6-3-10(7-16)12-15-11(8-19-12)9-1-4-14-5-2-9/h1-2,4-5,8,10H,3,6-7H2,(H,17,18). The summed E-state index contributed by atoms with van der Waals surface area (Å²) < 4.78 is 0. The maximum absolute atomic E-state index is 10.9. The molecule has 1 N–H and O–H groups in total. The Bertz CT molecular complexity index is 585. The molecule has 3 heterocycles. The third-order valence-electron chi connectivity index (χ3n) is 3.31.